The van der Waals surface area contributed by atoms with E-state index >= 15 is 0 Å². The van der Waals surface area contributed by atoms with Crippen molar-refractivity contribution < 1.29 is 0 Å². The molecule has 0 spiro atoms. The molecule has 10 aromatic carbocycles. The summed E-state index contributed by atoms with van der Waals surface area (Å²) in [4.78, 5) is 2.66. The van der Waals surface area contributed by atoms with E-state index in [0.717, 1.165) is 12.1 Å². The Labute approximate surface area is 410 Å². The summed E-state index contributed by atoms with van der Waals surface area (Å²) in [6.45, 7) is 0. The minimum Gasteiger partial charge on any atom is -0.335 e. The first kappa shape index (κ1) is 40.6. The minimum atomic E-state index is -0.521. The lowest BCUT2D eigenvalue weighted by Gasteiger charge is -2.45. The number of fused-ring (bicyclic) bond motifs is 9. The highest BCUT2D eigenvalue weighted by Crippen LogP contribution is 2.62. The lowest BCUT2D eigenvalue weighted by atomic mass is 9.61. The average Bonchev–Trinajstić information content (AvgIpc) is 4.05. The van der Waals surface area contributed by atoms with Gasteiger partial charge in [-0.3, -0.25) is 0 Å². The molecule has 3 atom stereocenters. The van der Waals surface area contributed by atoms with Crippen LogP contribution in [0.1, 0.15) is 56.8 Å². The van der Waals surface area contributed by atoms with Crippen molar-refractivity contribution in [1.29, 1.82) is 0 Å². The van der Waals surface area contributed by atoms with E-state index < -0.39 is 5.41 Å². The van der Waals surface area contributed by atoms with Gasteiger partial charge in [0.05, 0.1) is 22.5 Å². The van der Waals surface area contributed by atoms with Crippen LogP contribution in [0.4, 0.5) is 11.4 Å². The predicted molar refractivity (Wildman–Crippen MR) is 290 cm³/mol. The third-order valence-electron chi connectivity index (χ3n) is 16.2. The molecule has 11 aromatic rings. The highest BCUT2D eigenvalue weighted by molar-refractivity contribution is 6.09. The van der Waals surface area contributed by atoms with Gasteiger partial charge >= 0.3 is 0 Å². The first-order chi connectivity index (χ1) is 34.7. The molecule has 70 heavy (non-hydrogen) atoms. The smallest absolute Gasteiger partial charge is 0.0714 e. The number of hydrogen-bond acceptors (Lipinski definition) is 1. The molecular weight excluding hydrogens is 845 g/mol. The second-order valence-electron chi connectivity index (χ2n) is 19.5. The van der Waals surface area contributed by atoms with Crippen molar-refractivity contribution in [2.75, 3.05) is 4.90 Å². The standard InChI is InChI=1S/C68H50N2/c1-5-21-47(22-6-1)67(48-23-7-2-8-24-48)61-33-17-13-29-55(61)57-43-41-53(45-63(57)67)69(51-37-39-52(40-38-51)70-65-35-19-15-31-59(65)60-32-16-20-36-66(60)70)54-42-44-58-56-30-14-18-34-62(56)68(64(58)46-54,49-25-9-3-10-26-49)50-27-11-4-12-28-50/h1-45,54,58,64H,46H2. The molecule has 0 saturated carbocycles. The normalized spacial score (nSPS) is 18.0. The van der Waals surface area contributed by atoms with Gasteiger partial charge in [-0.2, -0.15) is 0 Å². The van der Waals surface area contributed by atoms with Gasteiger partial charge in [0.25, 0.3) is 0 Å². The number of para-hydroxylation sites is 2. The van der Waals surface area contributed by atoms with E-state index in [1.165, 1.54) is 88.8 Å². The van der Waals surface area contributed by atoms with Crippen molar-refractivity contribution in [3.8, 4) is 16.8 Å². The SMILES string of the molecule is C1=CC(N(c2ccc(-n3c4ccccc4c4ccccc43)cc2)c2ccc3c(c2)C(c2ccccc2)(c2ccccc2)c2ccccc2-3)CC2C1c1ccccc1C2(c1ccccc1)c1ccccc1. The molecule has 0 bridgehead atoms. The molecule has 0 amide bonds. The zero-order chi connectivity index (χ0) is 46.2. The van der Waals surface area contributed by atoms with Crippen LogP contribution in [0.3, 0.4) is 0 Å². The van der Waals surface area contributed by atoms with E-state index in [2.05, 4.69) is 282 Å². The molecular formula is C68H50N2. The van der Waals surface area contributed by atoms with Crippen molar-refractivity contribution >= 4 is 33.2 Å². The first-order valence-electron chi connectivity index (χ1n) is 24.9. The summed E-state index contributed by atoms with van der Waals surface area (Å²) < 4.78 is 2.43. The first-order valence-corrected chi connectivity index (χ1v) is 24.9. The van der Waals surface area contributed by atoms with Crippen LogP contribution in [0, 0.1) is 5.92 Å². The van der Waals surface area contributed by atoms with E-state index in [1.54, 1.807) is 0 Å². The number of nitrogens with zero attached hydrogens (tertiary/aromatic N) is 2. The molecule has 0 saturated heterocycles. The molecule has 2 nitrogen and oxygen atoms in total. The maximum atomic E-state index is 2.66. The summed E-state index contributed by atoms with van der Waals surface area (Å²) in [7, 11) is 0. The number of rotatable bonds is 8. The van der Waals surface area contributed by atoms with Crippen molar-refractivity contribution in [3.05, 3.63) is 318 Å². The van der Waals surface area contributed by atoms with Gasteiger partial charge in [0.15, 0.2) is 0 Å². The van der Waals surface area contributed by atoms with Crippen LogP contribution in [0.15, 0.2) is 273 Å². The Kier molecular flexibility index (Phi) is 9.32. The van der Waals surface area contributed by atoms with Gasteiger partial charge in [-0.25, -0.2) is 0 Å². The third-order valence-corrected chi connectivity index (χ3v) is 16.2. The monoisotopic (exact) mass is 894 g/mol. The van der Waals surface area contributed by atoms with Gasteiger partial charge in [0.2, 0.25) is 0 Å². The van der Waals surface area contributed by atoms with Crippen LogP contribution in [0.2, 0.25) is 0 Å². The Morgan fingerprint density at radius 3 is 1.49 bits per heavy atom. The molecule has 0 radical (unpaired) electrons. The van der Waals surface area contributed by atoms with Crippen molar-refractivity contribution in [1.82, 2.24) is 4.57 Å². The Balaban J connectivity index is 0.989. The molecule has 0 fully saturated rings. The Hall–Kier alpha value is -8.46. The molecule has 2 heteroatoms. The van der Waals surface area contributed by atoms with Gasteiger partial charge in [0, 0.05) is 39.2 Å². The van der Waals surface area contributed by atoms with E-state index in [4.69, 9.17) is 0 Å². The van der Waals surface area contributed by atoms with E-state index in [1.807, 2.05) is 0 Å². The number of benzene rings is 10. The molecule has 1 aromatic heterocycles. The lowest BCUT2D eigenvalue weighted by molar-refractivity contribution is 0.328. The quantitative estimate of drug-likeness (QED) is 0.138. The summed E-state index contributed by atoms with van der Waals surface area (Å²) in [6.07, 6.45) is 6.04. The zero-order valence-corrected chi connectivity index (χ0v) is 38.8. The van der Waals surface area contributed by atoms with Crippen molar-refractivity contribution in [3.63, 3.8) is 0 Å². The number of aromatic nitrogens is 1. The summed E-state index contributed by atoms with van der Waals surface area (Å²) >= 11 is 0. The van der Waals surface area contributed by atoms with E-state index in [-0.39, 0.29) is 23.3 Å². The maximum Gasteiger partial charge on any atom is 0.0714 e. The maximum absolute atomic E-state index is 2.66. The molecule has 332 valence electrons. The van der Waals surface area contributed by atoms with Crippen LogP contribution in [0.5, 0.6) is 0 Å². The zero-order valence-electron chi connectivity index (χ0n) is 38.8. The average molecular weight is 895 g/mol. The summed E-state index contributed by atoms with van der Waals surface area (Å²) in [5.74, 6) is 0.501. The van der Waals surface area contributed by atoms with Crippen LogP contribution in [-0.4, -0.2) is 10.6 Å². The van der Waals surface area contributed by atoms with Crippen LogP contribution >= 0.6 is 0 Å². The largest absolute Gasteiger partial charge is 0.335 e. The van der Waals surface area contributed by atoms with Crippen molar-refractivity contribution in [2.24, 2.45) is 5.92 Å². The Bertz CT molecular complexity index is 3630. The summed E-state index contributed by atoms with van der Waals surface area (Å²) in [5.41, 5.74) is 18.3. The minimum absolute atomic E-state index is 0.0335. The molecule has 3 aliphatic rings. The number of allylic oxidation sites excluding steroid dienone is 1. The van der Waals surface area contributed by atoms with Gasteiger partial charge in [-0.1, -0.05) is 224 Å². The van der Waals surface area contributed by atoms with Crippen LogP contribution in [-0.2, 0) is 10.8 Å². The summed E-state index contributed by atoms with van der Waals surface area (Å²) in [6, 6.07) is 97.8. The van der Waals surface area contributed by atoms with E-state index in [9.17, 15) is 0 Å². The molecule has 0 N–H and O–H groups in total. The number of anilines is 2. The molecule has 14 rings (SSSR count). The second kappa shape index (κ2) is 16.1. The number of hydrogen-bond donors (Lipinski definition) is 0. The summed E-state index contributed by atoms with van der Waals surface area (Å²) in [5, 5.41) is 2.53. The fraction of sp³-hybridized carbons (Fsp3) is 0.0882. The highest BCUT2D eigenvalue weighted by atomic mass is 15.2. The highest BCUT2D eigenvalue weighted by Gasteiger charge is 2.55. The second-order valence-corrected chi connectivity index (χ2v) is 19.5. The van der Waals surface area contributed by atoms with Gasteiger partial charge in [0.1, 0.15) is 0 Å². The van der Waals surface area contributed by atoms with Crippen molar-refractivity contribution in [2.45, 2.75) is 29.2 Å². The topological polar surface area (TPSA) is 8.17 Å². The molecule has 1 heterocycles. The van der Waals surface area contributed by atoms with Gasteiger partial charge < -0.3 is 9.47 Å². The fourth-order valence-corrected chi connectivity index (χ4v) is 13.6. The van der Waals surface area contributed by atoms with Crippen LogP contribution < -0.4 is 4.90 Å². The Morgan fingerprint density at radius 2 is 0.871 bits per heavy atom. The van der Waals surface area contributed by atoms with Gasteiger partial charge in [-0.05, 0) is 117 Å². The molecule has 3 unspecified atom stereocenters. The molecule has 3 aliphatic carbocycles. The fourth-order valence-electron chi connectivity index (χ4n) is 13.6. The van der Waals surface area contributed by atoms with Crippen LogP contribution in [0.25, 0.3) is 38.6 Å². The third kappa shape index (κ3) is 5.80. The Morgan fingerprint density at radius 1 is 0.386 bits per heavy atom. The lowest BCUT2D eigenvalue weighted by Crippen LogP contribution is -2.42. The van der Waals surface area contributed by atoms with E-state index in [0.29, 0.717) is 0 Å². The molecule has 0 aliphatic heterocycles. The van der Waals surface area contributed by atoms with Gasteiger partial charge in [-0.15, -0.1) is 0 Å². The predicted octanol–water partition coefficient (Wildman–Crippen LogP) is 16.4.